The van der Waals surface area contributed by atoms with E-state index in [0.29, 0.717) is 0 Å². The molecule has 0 aliphatic rings. The molecule has 0 fully saturated rings. The van der Waals surface area contributed by atoms with Crippen molar-refractivity contribution in [3.63, 3.8) is 0 Å². The molecule has 1 aromatic heterocycles. The molecular weight excluding hydrogens is 283 g/mol. The van der Waals surface area contributed by atoms with Crippen LogP contribution in [-0.2, 0) is 6.54 Å². The monoisotopic (exact) mass is 295 g/mol. The minimum absolute atomic E-state index is 0.0000184. The van der Waals surface area contributed by atoms with Gasteiger partial charge in [0.05, 0.1) is 11.8 Å². The van der Waals surface area contributed by atoms with E-state index >= 15 is 0 Å². The Labute approximate surface area is 119 Å². The molecule has 0 unspecified atom stereocenters. The molecule has 0 atom stereocenters. The zero-order valence-corrected chi connectivity index (χ0v) is 11.1. The van der Waals surface area contributed by atoms with Crippen LogP contribution in [0.4, 0.5) is 19.0 Å². The Morgan fingerprint density at radius 2 is 1.95 bits per heavy atom. The van der Waals surface area contributed by atoms with Crippen LogP contribution in [0.15, 0.2) is 30.5 Å². The van der Waals surface area contributed by atoms with Crippen molar-refractivity contribution in [2.45, 2.75) is 6.54 Å². The van der Waals surface area contributed by atoms with Gasteiger partial charge in [-0.3, -0.25) is 4.79 Å². The number of benzene rings is 1. The first-order valence-electron chi connectivity index (χ1n) is 6.06. The summed E-state index contributed by atoms with van der Waals surface area (Å²) >= 11 is 0. The number of anilines is 1. The van der Waals surface area contributed by atoms with Crippen molar-refractivity contribution in [3.05, 3.63) is 59.0 Å². The maximum Gasteiger partial charge on any atom is 0.255 e. The highest BCUT2D eigenvalue weighted by atomic mass is 19.1. The Balaban J connectivity index is 2.13. The molecule has 0 saturated carbocycles. The Bertz CT molecular complexity index is 677. The van der Waals surface area contributed by atoms with Crippen LogP contribution < -0.4 is 10.6 Å². The van der Waals surface area contributed by atoms with Gasteiger partial charge in [-0.25, -0.2) is 18.2 Å². The zero-order valence-electron chi connectivity index (χ0n) is 11.1. The second-order valence-corrected chi connectivity index (χ2v) is 4.22. The molecule has 4 nitrogen and oxygen atoms in total. The van der Waals surface area contributed by atoms with Crippen LogP contribution in [0, 0.1) is 17.5 Å². The van der Waals surface area contributed by atoms with Gasteiger partial charge in [-0.05, 0) is 12.1 Å². The van der Waals surface area contributed by atoms with Crippen molar-refractivity contribution in [1.29, 1.82) is 0 Å². The average molecular weight is 295 g/mol. The standard InChI is InChI=1S/C14H12F3N3O/c1-18-13-11(4-10(16)7-19-13)14(21)20-6-8-2-3-9(15)5-12(8)17/h2-5,7H,6H2,1H3,(H,18,19)(H,20,21). The molecule has 1 aromatic carbocycles. The van der Waals surface area contributed by atoms with E-state index in [2.05, 4.69) is 15.6 Å². The molecule has 0 aliphatic heterocycles. The predicted molar refractivity (Wildman–Crippen MR) is 71.3 cm³/mol. The van der Waals surface area contributed by atoms with Crippen molar-refractivity contribution in [2.24, 2.45) is 0 Å². The van der Waals surface area contributed by atoms with Gasteiger partial charge in [0.2, 0.25) is 0 Å². The number of amides is 1. The van der Waals surface area contributed by atoms with Crippen LogP contribution in [0.3, 0.4) is 0 Å². The second kappa shape index (κ2) is 6.25. The molecule has 1 amide bonds. The van der Waals surface area contributed by atoms with Crippen LogP contribution in [0.2, 0.25) is 0 Å². The van der Waals surface area contributed by atoms with E-state index in [4.69, 9.17) is 0 Å². The van der Waals surface area contributed by atoms with Crippen molar-refractivity contribution >= 4 is 11.7 Å². The van der Waals surface area contributed by atoms with E-state index in [1.54, 1.807) is 0 Å². The van der Waals surface area contributed by atoms with E-state index in [0.717, 1.165) is 24.4 Å². The lowest BCUT2D eigenvalue weighted by molar-refractivity contribution is 0.0950. The van der Waals surface area contributed by atoms with Gasteiger partial charge < -0.3 is 10.6 Å². The third-order valence-corrected chi connectivity index (χ3v) is 2.79. The Kier molecular flexibility index (Phi) is 4.42. The van der Waals surface area contributed by atoms with Gasteiger partial charge in [-0.15, -0.1) is 0 Å². The van der Waals surface area contributed by atoms with Crippen LogP contribution in [0.1, 0.15) is 15.9 Å². The Morgan fingerprint density at radius 3 is 2.62 bits per heavy atom. The predicted octanol–water partition coefficient (Wildman–Crippen LogP) is 2.47. The zero-order chi connectivity index (χ0) is 15.4. The Hall–Kier alpha value is -2.57. The summed E-state index contributed by atoms with van der Waals surface area (Å²) in [4.78, 5) is 15.7. The second-order valence-electron chi connectivity index (χ2n) is 4.22. The smallest absolute Gasteiger partial charge is 0.255 e. The maximum absolute atomic E-state index is 13.4. The summed E-state index contributed by atoms with van der Waals surface area (Å²) in [6, 6.07) is 4.07. The number of pyridine rings is 1. The van der Waals surface area contributed by atoms with E-state index in [1.807, 2.05) is 0 Å². The molecule has 2 rings (SSSR count). The molecular formula is C14H12F3N3O. The van der Waals surface area contributed by atoms with E-state index in [1.165, 1.54) is 13.1 Å². The number of hydrogen-bond acceptors (Lipinski definition) is 3. The molecule has 2 aromatic rings. The van der Waals surface area contributed by atoms with Gasteiger partial charge in [0.25, 0.3) is 5.91 Å². The first-order valence-corrected chi connectivity index (χ1v) is 6.06. The fourth-order valence-corrected chi connectivity index (χ4v) is 1.75. The van der Waals surface area contributed by atoms with Crippen molar-refractivity contribution in [3.8, 4) is 0 Å². The van der Waals surface area contributed by atoms with Crippen LogP contribution in [0.5, 0.6) is 0 Å². The Morgan fingerprint density at radius 1 is 1.19 bits per heavy atom. The molecule has 0 spiro atoms. The summed E-state index contributed by atoms with van der Waals surface area (Å²) < 4.78 is 39.3. The average Bonchev–Trinajstić information content (AvgIpc) is 2.46. The van der Waals surface area contributed by atoms with Crippen molar-refractivity contribution in [2.75, 3.05) is 12.4 Å². The first kappa shape index (κ1) is 14.8. The van der Waals surface area contributed by atoms with Gasteiger partial charge in [-0.1, -0.05) is 6.07 Å². The lowest BCUT2D eigenvalue weighted by Gasteiger charge is -2.09. The molecule has 0 radical (unpaired) electrons. The van der Waals surface area contributed by atoms with Crippen LogP contribution in [0.25, 0.3) is 0 Å². The van der Waals surface area contributed by atoms with Gasteiger partial charge in [0.1, 0.15) is 23.3 Å². The summed E-state index contributed by atoms with van der Waals surface area (Å²) in [6.07, 6.45) is 0.974. The number of carbonyl (C=O) groups is 1. The number of hydrogen-bond donors (Lipinski definition) is 2. The highest BCUT2D eigenvalue weighted by Gasteiger charge is 2.14. The molecule has 21 heavy (non-hydrogen) atoms. The molecule has 7 heteroatoms. The van der Waals surface area contributed by atoms with E-state index < -0.39 is 23.4 Å². The van der Waals surface area contributed by atoms with Crippen LogP contribution in [-0.4, -0.2) is 17.9 Å². The van der Waals surface area contributed by atoms with Gasteiger partial charge in [-0.2, -0.15) is 0 Å². The molecule has 0 bridgehead atoms. The third-order valence-electron chi connectivity index (χ3n) is 2.79. The fraction of sp³-hybridized carbons (Fsp3) is 0.143. The normalized spacial score (nSPS) is 10.3. The van der Waals surface area contributed by atoms with Gasteiger partial charge in [0, 0.05) is 25.2 Å². The number of halogens is 3. The van der Waals surface area contributed by atoms with E-state index in [9.17, 15) is 18.0 Å². The van der Waals surface area contributed by atoms with Crippen molar-refractivity contribution < 1.29 is 18.0 Å². The van der Waals surface area contributed by atoms with Crippen LogP contribution >= 0.6 is 0 Å². The highest BCUT2D eigenvalue weighted by molar-refractivity contribution is 5.98. The van der Waals surface area contributed by atoms with Gasteiger partial charge >= 0.3 is 0 Å². The minimum atomic E-state index is -0.762. The number of nitrogens with one attached hydrogen (secondary N) is 2. The molecule has 2 N–H and O–H groups in total. The lowest BCUT2D eigenvalue weighted by Crippen LogP contribution is -2.24. The number of aromatic nitrogens is 1. The fourth-order valence-electron chi connectivity index (χ4n) is 1.75. The summed E-state index contributed by atoms with van der Waals surface area (Å²) in [7, 11) is 1.54. The summed E-state index contributed by atoms with van der Waals surface area (Å²) in [5.74, 6) is -2.54. The summed E-state index contributed by atoms with van der Waals surface area (Å²) in [5, 5.41) is 5.09. The lowest BCUT2D eigenvalue weighted by atomic mass is 10.2. The molecule has 1 heterocycles. The number of carbonyl (C=O) groups excluding carboxylic acids is 1. The van der Waals surface area contributed by atoms with Gasteiger partial charge in [0.15, 0.2) is 0 Å². The maximum atomic E-state index is 13.4. The highest BCUT2D eigenvalue weighted by Crippen LogP contribution is 2.14. The SMILES string of the molecule is CNc1ncc(F)cc1C(=O)NCc1ccc(F)cc1F. The van der Waals surface area contributed by atoms with E-state index in [-0.39, 0.29) is 23.5 Å². The summed E-state index contributed by atoms with van der Waals surface area (Å²) in [5.41, 5.74) is 0.125. The largest absolute Gasteiger partial charge is 0.372 e. The first-order chi connectivity index (χ1) is 10.0. The topological polar surface area (TPSA) is 54.0 Å². The quantitative estimate of drug-likeness (QED) is 0.911. The molecule has 0 aliphatic carbocycles. The minimum Gasteiger partial charge on any atom is -0.372 e. The number of nitrogens with zero attached hydrogens (tertiary/aromatic N) is 1. The number of rotatable bonds is 4. The summed E-state index contributed by atoms with van der Waals surface area (Å²) in [6.45, 7) is -0.148. The van der Waals surface area contributed by atoms with Crippen molar-refractivity contribution in [1.82, 2.24) is 10.3 Å². The third kappa shape index (κ3) is 3.50. The molecule has 110 valence electrons. The molecule has 0 saturated heterocycles.